The highest BCUT2D eigenvalue weighted by atomic mass is 15.4. The maximum absolute atomic E-state index is 4.74. The van der Waals surface area contributed by atoms with Crippen LogP contribution in [0.2, 0.25) is 0 Å². The molecule has 30 heavy (non-hydrogen) atoms. The summed E-state index contributed by atoms with van der Waals surface area (Å²) in [4.78, 5) is 13.7. The van der Waals surface area contributed by atoms with Crippen molar-refractivity contribution in [3.63, 3.8) is 0 Å². The van der Waals surface area contributed by atoms with E-state index in [1.165, 1.54) is 5.56 Å². The molecular weight excluding hydrogens is 378 g/mol. The molecule has 4 rings (SSSR count). The van der Waals surface area contributed by atoms with Gasteiger partial charge in [-0.05, 0) is 29.5 Å². The Bertz CT molecular complexity index is 1150. The van der Waals surface area contributed by atoms with Gasteiger partial charge in [0.1, 0.15) is 5.52 Å². The molecule has 0 atom stereocenters. The van der Waals surface area contributed by atoms with Crippen molar-refractivity contribution >= 4 is 28.6 Å². The first kappa shape index (κ1) is 19.8. The van der Waals surface area contributed by atoms with E-state index in [1.54, 1.807) is 17.2 Å². The number of rotatable bonds is 6. The lowest BCUT2D eigenvalue weighted by molar-refractivity contribution is 0.590. The molecule has 0 aliphatic rings. The molecule has 0 unspecified atom stereocenters. The molecule has 0 radical (unpaired) electrons. The van der Waals surface area contributed by atoms with Crippen LogP contribution < -0.4 is 10.6 Å². The summed E-state index contributed by atoms with van der Waals surface area (Å²) in [5.41, 5.74) is 5.00. The van der Waals surface area contributed by atoms with Gasteiger partial charge in [0, 0.05) is 25.5 Å². The largest absolute Gasteiger partial charge is 0.352 e. The Balaban J connectivity index is 1.65. The second kappa shape index (κ2) is 7.74. The van der Waals surface area contributed by atoms with Gasteiger partial charge in [0.25, 0.3) is 0 Å². The van der Waals surface area contributed by atoms with Crippen LogP contribution in [0.25, 0.3) is 11.2 Å². The Morgan fingerprint density at radius 1 is 1.13 bits per heavy atom. The van der Waals surface area contributed by atoms with E-state index >= 15 is 0 Å². The number of benzene rings is 1. The normalized spacial score (nSPS) is 11.8. The Labute approximate surface area is 175 Å². The number of aryl methyl sites for hydroxylation is 2. The summed E-state index contributed by atoms with van der Waals surface area (Å²) in [6, 6.07) is 6.51. The van der Waals surface area contributed by atoms with Gasteiger partial charge in [0.05, 0.1) is 19.1 Å². The van der Waals surface area contributed by atoms with Crippen LogP contribution in [-0.4, -0.2) is 41.1 Å². The quantitative estimate of drug-likeness (QED) is 0.507. The maximum atomic E-state index is 4.74. The van der Waals surface area contributed by atoms with Crippen molar-refractivity contribution < 1.29 is 0 Å². The second-order valence-corrected chi connectivity index (χ2v) is 8.42. The first-order chi connectivity index (χ1) is 14.3. The average Bonchev–Trinajstić information content (AvgIpc) is 3.33. The van der Waals surface area contributed by atoms with Crippen molar-refractivity contribution in [2.45, 2.75) is 39.7 Å². The molecule has 3 aromatic heterocycles. The molecule has 0 spiro atoms. The summed E-state index contributed by atoms with van der Waals surface area (Å²) >= 11 is 0. The highest BCUT2D eigenvalue weighted by Crippen LogP contribution is 2.30. The standard InChI is InChI=1S/C21H27N9/c1-14-6-7-15(21(2,3)4)12-16(14)25-19-17-18(23-13-29(17)5)26-20(27-19)22-8-10-30-11-9-24-28-30/h6-7,9,11-13H,8,10H2,1-5H3,(H2,22,25,26,27). The monoisotopic (exact) mass is 405 g/mol. The fourth-order valence-electron chi connectivity index (χ4n) is 3.21. The molecule has 9 nitrogen and oxygen atoms in total. The minimum atomic E-state index is 0.0612. The highest BCUT2D eigenvalue weighted by molar-refractivity contribution is 5.87. The number of nitrogens with one attached hydrogen (secondary N) is 2. The van der Waals surface area contributed by atoms with Crippen LogP contribution in [0.1, 0.15) is 31.9 Å². The van der Waals surface area contributed by atoms with Crippen molar-refractivity contribution in [2.24, 2.45) is 7.05 Å². The molecule has 4 aromatic rings. The predicted octanol–water partition coefficient (Wildman–Crippen LogP) is 3.42. The van der Waals surface area contributed by atoms with Crippen LogP contribution in [0.4, 0.5) is 17.5 Å². The third-order valence-electron chi connectivity index (χ3n) is 5.02. The summed E-state index contributed by atoms with van der Waals surface area (Å²) < 4.78 is 3.69. The summed E-state index contributed by atoms with van der Waals surface area (Å²) in [5.74, 6) is 1.24. The van der Waals surface area contributed by atoms with E-state index in [1.807, 2.05) is 17.8 Å². The van der Waals surface area contributed by atoms with Crippen molar-refractivity contribution in [2.75, 3.05) is 17.2 Å². The third-order valence-corrected chi connectivity index (χ3v) is 5.02. The number of fused-ring (bicyclic) bond motifs is 1. The summed E-state index contributed by atoms with van der Waals surface area (Å²) in [6.07, 6.45) is 5.23. The van der Waals surface area contributed by atoms with Crippen LogP contribution >= 0.6 is 0 Å². The molecule has 0 aliphatic heterocycles. The number of anilines is 3. The van der Waals surface area contributed by atoms with Gasteiger partial charge in [-0.2, -0.15) is 9.97 Å². The van der Waals surface area contributed by atoms with Crippen molar-refractivity contribution in [3.05, 3.63) is 48.0 Å². The van der Waals surface area contributed by atoms with Gasteiger partial charge in [-0.1, -0.05) is 38.1 Å². The van der Waals surface area contributed by atoms with E-state index in [2.05, 4.69) is 76.8 Å². The summed E-state index contributed by atoms with van der Waals surface area (Å²) in [7, 11) is 1.94. The maximum Gasteiger partial charge on any atom is 0.226 e. The molecule has 156 valence electrons. The molecule has 9 heteroatoms. The molecule has 0 bridgehead atoms. The molecule has 0 aliphatic carbocycles. The fraction of sp³-hybridized carbons (Fsp3) is 0.381. The van der Waals surface area contributed by atoms with Gasteiger partial charge in [-0.25, -0.2) is 4.98 Å². The van der Waals surface area contributed by atoms with Crippen LogP contribution in [0.5, 0.6) is 0 Å². The van der Waals surface area contributed by atoms with E-state index < -0.39 is 0 Å². The summed E-state index contributed by atoms with van der Waals surface area (Å²) in [5, 5.41) is 14.6. The number of nitrogens with zero attached hydrogens (tertiary/aromatic N) is 7. The Morgan fingerprint density at radius 2 is 1.97 bits per heavy atom. The van der Waals surface area contributed by atoms with Gasteiger partial charge in [0.2, 0.25) is 5.95 Å². The smallest absolute Gasteiger partial charge is 0.226 e. The highest BCUT2D eigenvalue weighted by Gasteiger charge is 2.17. The molecule has 0 amide bonds. The van der Waals surface area contributed by atoms with E-state index in [-0.39, 0.29) is 5.41 Å². The topological polar surface area (TPSA) is 98.4 Å². The van der Waals surface area contributed by atoms with Crippen molar-refractivity contribution in [1.82, 2.24) is 34.5 Å². The lowest BCUT2D eigenvalue weighted by Gasteiger charge is -2.21. The van der Waals surface area contributed by atoms with E-state index in [9.17, 15) is 0 Å². The first-order valence-electron chi connectivity index (χ1n) is 9.96. The molecule has 0 saturated heterocycles. The van der Waals surface area contributed by atoms with E-state index in [0.29, 0.717) is 24.7 Å². The van der Waals surface area contributed by atoms with Gasteiger partial charge in [-0.15, -0.1) is 5.10 Å². The van der Waals surface area contributed by atoms with Crippen LogP contribution in [0.15, 0.2) is 36.9 Å². The Morgan fingerprint density at radius 3 is 2.70 bits per heavy atom. The van der Waals surface area contributed by atoms with E-state index in [4.69, 9.17) is 4.98 Å². The van der Waals surface area contributed by atoms with Crippen LogP contribution in [0.3, 0.4) is 0 Å². The lowest BCUT2D eigenvalue weighted by Crippen LogP contribution is -2.14. The predicted molar refractivity (Wildman–Crippen MR) is 118 cm³/mol. The Kier molecular flexibility index (Phi) is 5.11. The zero-order valence-electron chi connectivity index (χ0n) is 18.0. The van der Waals surface area contributed by atoms with Gasteiger partial charge in [0.15, 0.2) is 11.5 Å². The molecule has 2 N–H and O–H groups in total. The second-order valence-electron chi connectivity index (χ2n) is 8.42. The van der Waals surface area contributed by atoms with Gasteiger partial charge in [-0.3, -0.25) is 4.68 Å². The molecule has 1 aromatic carbocycles. The summed E-state index contributed by atoms with van der Waals surface area (Å²) in [6.45, 7) is 10.0. The molecule has 0 saturated carbocycles. The number of aromatic nitrogens is 7. The minimum absolute atomic E-state index is 0.0612. The molecular formula is C21H27N9. The van der Waals surface area contributed by atoms with E-state index in [0.717, 1.165) is 22.6 Å². The van der Waals surface area contributed by atoms with Gasteiger partial charge < -0.3 is 15.2 Å². The zero-order valence-corrected chi connectivity index (χ0v) is 18.0. The number of hydrogen-bond acceptors (Lipinski definition) is 7. The van der Waals surface area contributed by atoms with Crippen molar-refractivity contribution in [1.29, 1.82) is 0 Å². The average molecular weight is 406 g/mol. The van der Waals surface area contributed by atoms with Crippen LogP contribution in [0, 0.1) is 6.92 Å². The lowest BCUT2D eigenvalue weighted by atomic mass is 9.86. The minimum Gasteiger partial charge on any atom is -0.352 e. The SMILES string of the molecule is Cc1ccc(C(C)(C)C)cc1Nc1nc(NCCn2ccnn2)nc2ncn(C)c12. The number of hydrogen-bond donors (Lipinski definition) is 2. The first-order valence-corrected chi connectivity index (χ1v) is 9.96. The number of imidazole rings is 1. The van der Waals surface area contributed by atoms with Crippen LogP contribution in [-0.2, 0) is 19.0 Å². The van der Waals surface area contributed by atoms with Gasteiger partial charge >= 0.3 is 0 Å². The fourth-order valence-corrected chi connectivity index (χ4v) is 3.21. The third kappa shape index (κ3) is 4.10. The zero-order chi connectivity index (χ0) is 21.3. The molecule has 0 fully saturated rings. The van der Waals surface area contributed by atoms with Crippen molar-refractivity contribution in [3.8, 4) is 0 Å². The molecule has 3 heterocycles. The Hall–Kier alpha value is -3.49.